The number of anilines is 2. The van der Waals surface area contributed by atoms with Gasteiger partial charge in [0.05, 0.1) is 23.9 Å². The second-order valence-electron chi connectivity index (χ2n) is 5.70. The number of halogens is 2. The van der Waals surface area contributed by atoms with E-state index >= 15 is 0 Å². The van der Waals surface area contributed by atoms with E-state index in [2.05, 4.69) is 15.6 Å². The lowest BCUT2D eigenvalue weighted by atomic mass is 10.1. The largest absolute Gasteiger partial charge is 0.495 e. The summed E-state index contributed by atoms with van der Waals surface area (Å²) in [6.45, 7) is 0. The zero-order valence-electron chi connectivity index (χ0n) is 14.7. The van der Waals surface area contributed by atoms with E-state index in [9.17, 15) is 18.4 Å². The molecule has 0 atom stereocenters. The number of rotatable bonds is 5. The van der Waals surface area contributed by atoms with Gasteiger partial charge in [-0.15, -0.1) is 0 Å². The van der Waals surface area contributed by atoms with Gasteiger partial charge in [0.15, 0.2) is 11.6 Å². The van der Waals surface area contributed by atoms with Crippen LogP contribution in [0.15, 0.2) is 60.9 Å². The first-order valence-electron chi connectivity index (χ1n) is 8.14. The van der Waals surface area contributed by atoms with Gasteiger partial charge in [0.1, 0.15) is 5.75 Å². The normalized spacial score (nSPS) is 10.2. The number of carbonyl (C=O) groups is 2. The Morgan fingerprint density at radius 3 is 2.25 bits per heavy atom. The standard InChI is InChI=1S/C20H15F2N3O3/c1-28-18-5-3-2-4-17(18)25-20(27)13-8-12(10-23-11-13)19(26)24-14-6-7-15(21)16(22)9-14/h2-11H,1H3,(H,24,26)(H,25,27). The molecule has 2 amide bonds. The molecule has 3 rings (SSSR count). The highest BCUT2D eigenvalue weighted by molar-refractivity contribution is 6.08. The molecule has 0 aliphatic rings. The van der Waals surface area contributed by atoms with E-state index in [4.69, 9.17) is 4.74 Å². The maximum Gasteiger partial charge on any atom is 0.257 e. The van der Waals surface area contributed by atoms with Crippen molar-refractivity contribution in [2.75, 3.05) is 17.7 Å². The molecule has 6 nitrogen and oxygen atoms in total. The number of methoxy groups -OCH3 is 1. The van der Waals surface area contributed by atoms with Crippen molar-refractivity contribution in [2.45, 2.75) is 0 Å². The van der Waals surface area contributed by atoms with E-state index in [1.54, 1.807) is 24.3 Å². The van der Waals surface area contributed by atoms with Gasteiger partial charge in [-0.2, -0.15) is 0 Å². The first-order chi connectivity index (χ1) is 13.5. The number of nitrogens with zero attached hydrogens (tertiary/aromatic N) is 1. The van der Waals surface area contributed by atoms with Crippen molar-refractivity contribution in [2.24, 2.45) is 0 Å². The van der Waals surface area contributed by atoms with E-state index in [1.165, 1.54) is 31.6 Å². The number of nitrogens with one attached hydrogen (secondary N) is 2. The Morgan fingerprint density at radius 2 is 1.57 bits per heavy atom. The molecule has 1 aromatic heterocycles. The van der Waals surface area contributed by atoms with Crippen LogP contribution in [0.4, 0.5) is 20.2 Å². The molecule has 0 fully saturated rings. The van der Waals surface area contributed by atoms with Crippen molar-refractivity contribution in [1.29, 1.82) is 0 Å². The Bertz CT molecular complexity index is 1040. The van der Waals surface area contributed by atoms with E-state index in [1.807, 2.05) is 0 Å². The molecule has 0 radical (unpaired) electrons. The van der Waals surface area contributed by atoms with Crippen LogP contribution in [0.1, 0.15) is 20.7 Å². The van der Waals surface area contributed by atoms with Crippen LogP contribution in [0.5, 0.6) is 5.75 Å². The van der Waals surface area contributed by atoms with E-state index in [-0.39, 0.29) is 16.8 Å². The van der Waals surface area contributed by atoms with Crippen molar-refractivity contribution in [3.8, 4) is 5.75 Å². The number of benzene rings is 2. The summed E-state index contributed by atoms with van der Waals surface area (Å²) in [6, 6.07) is 11.2. The molecule has 3 aromatic rings. The molecule has 28 heavy (non-hydrogen) atoms. The third-order valence-electron chi connectivity index (χ3n) is 3.80. The minimum Gasteiger partial charge on any atom is -0.495 e. The van der Waals surface area contributed by atoms with Gasteiger partial charge in [0.25, 0.3) is 11.8 Å². The van der Waals surface area contributed by atoms with Gasteiger partial charge in [0.2, 0.25) is 0 Å². The number of para-hydroxylation sites is 2. The maximum atomic E-state index is 13.3. The summed E-state index contributed by atoms with van der Waals surface area (Å²) in [4.78, 5) is 28.7. The molecule has 0 unspecified atom stereocenters. The van der Waals surface area contributed by atoms with Crippen LogP contribution in [0, 0.1) is 11.6 Å². The van der Waals surface area contributed by atoms with Crippen molar-refractivity contribution < 1.29 is 23.1 Å². The highest BCUT2D eigenvalue weighted by Gasteiger charge is 2.14. The van der Waals surface area contributed by atoms with E-state index in [0.29, 0.717) is 11.4 Å². The van der Waals surface area contributed by atoms with Gasteiger partial charge in [-0.1, -0.05) is 12.1 Å². The molecular formula is C20H15F2N3O3. The first kappa shape index (κ1) is 19.0. The number of hydrogen-bond donors (Lipinski definition) is 2. The van der Waals surface area contributed by atoms with Crippen LogP contribution < -0.4 is 15.4 Å². The lowest BCUT2D eigenvalue weighted by Crippen LogP contribution is -2.16. The summed E-state index contributed by atoms with van der Waals surface area (Å²) in [5, 5.41) is 5.10. The lowest BCUT2D eigenvalue weighted by Gasteiger charge is -2.10. The minimum absolute atomic E-state index is 0.0766. The Hall–Kier alpha value is -3.81. The summed E-state index contributed by atoms with van der Waals surface area (Å²) < 4.78 is 31.4. The SMILES string of the molecule is COc1ccccc1NC(=O)c1cncc(C(=O)Nc2ccc(F)c(F)c2)c1. The first-order valence-corrected chi connectivity index (χ1v) is 8.14. The molecule has 0 aliphatic heterocycles. The van der Waals surface area contributed by atoms with Crippen LogP contribution in [0.2, 0.25) is 0 Å². The molecular weight excluding hydrogens is 368 g/mol. The molecule has 0 saturated heterocycles. The number of pyridine rings is 1. The molecule has 2 N–H and O–H groups in total. The number of ether oxygens (including phenoxy) is 1. The van der Waals surface area contributed by atoms with Gasteiger partial charge in [-0.05, 0) is 30.3 Å². The quantitative estimate of drug-likeness (QED) is 0.701. The molecule has 0 aliphatic carbocycles. The van der Waals surface area contributed by atoms with Crippen molar-refractivity contribution in [3.05, 3.63) is 83.7 Å². The number of aromatic nitrogens is 1. The fourth-order valence-electron chi connectivity index (χ4n) is 2.41. The zero-order chi connectivity index (χ0) is 20.1. The number of carbonyl (C=O) groups excluding carboxylic acids is 2. The summed E-state index contributed by atoms with van der Waals surface area (Å²) >= 11 is 0. The topological polar surface area (TPSA) is 80.3 Å². The minimum atomic E-state index is -1.08. The third kappa shape index (κ3) is 4.29. The number of hydrogen-bond acceptors (Lipinski definition) is 4. The molecule has 8 heteroatoms. The Morgan fingerprint density at radius 1 is 0.893 bits per heavy atom. The second-order valence-corrected chi connectivity index (χ2v) is 5.70. The zero-order valence-corrected chi connectivity index (χ0v) is 14.7. The monoisotopic (exact) mass is 383 g/mol. The van der Waals surface area contributed by atoms with Crippen molar-refractivity contribution >= 4 is 23.2 Å². The molecule has 0 saturated carbocycles. The predicted octanol–water partition coefficient (Wildman–Crippen LogP) is 3.87. The second kappa shape index (κ2) is 8.26. The molecule has 2 aromatic carbocycles. The van der Waals surface area contributed by atoms with E-state index in [0.717, 1.165) is 12.1 Å². The molecule has 142 valence electrons. The van der Waals surface area contributed by atoms with Gasteiger partial charge in [-0.3, -0.25) is 14.6 Å². The summed E-state index contributed by atoms with van der Waals surface area (Å²) in [5.74, 6) is -2.73. The fraction of sp³-hybridized carbons (Fsp3) is 0.0500. The van der Waals surface area contributed by atoms with Crippen LogP contribution >= 0.6 is 0 Å². The van der Waals surface area contributed by atoms with Crippen LogP contribution in [-0.2, 0) is 0 Å². The Balaban J connectivity index is 1.76. The fourth-order valence-corrected chi connectivity index (χ4v) is 2.41. The molecule has 0 spiro atoms. The molecule has 1 heterocycles. The summed E-state index contributed by atoms with van der Waals surface area (Å²) in [5.41, 5.74) is 0.765. The number of amides is 2. The average molecular weight is 383 g/mol. The summed E-state index contributed by atoms with van der Waals surface area (Å²) in [7, 11) is 1.48. The highest BCUT2D eigenvalue weighted by Crippen LogP contribution is 2.23. The van der Waals surface area contributed by atoms with Gasteiger partial charge in [0, 0.05) is 24.1 Å². The molecule has 0 bridgehead atoms. The van der Waals surface area contributed by atoms with Crippen LogP contribution in [0.3, 0.4) is 0 Å². The Kier molecular flexibility index (Phi) is 5.59. The third-order valence-corrected chi connectivity index (χ3v) is 3.80. The maximum absolute atomic E-state index is 13.3. The van der Waals surface area contributed by atoms with Crippen molar-refractivity contribution in [1.82, 2.24) is 4.98 Å². The smallest absolute Gasteiger partial charge is 0.257 e. The van der Waals surface area contributed by atoms with Crippen LogP contribution in [0.25, 0.3) is 0 Å². The average Bonchev–Trinajstić information content (AvgIpc) is 2.71. The van der Waals surface area contributed by atoms with Gasteiger partial charge >= 0.3 is 0 Å². The summed E-state index contributed by atoms with van der Waals surface area (Å²) in [6.07, 6.45) is 2.56. The van der Waals surface area contributed by atoms with Crippen LogP contribution in [-0.4, -0.2) is 23.9 Å². The lowest BCUT2D eigenvalue weighted by molar-refractivity contribution is 0.102. The predicted molar refractivity (Wildman–Crippen MR) is 99.5 cm³/mol. The van der Waals surface area contributed by atoms with Crippen molar-refractivity contribution in [3.63, 3.8) is 0 Å². The van der Waals surface area contributed by atoms with Gasteiger partial charge in [-0.25, -0.2) is 8.78 Å². The van der Waals surface area contributed by atoms with E-state index < -0.39 is 23.4 Å². The van der Waals surface area contributed by atoms with Gasteiger partial charge < -0.3 is 15.4 Å². The highest BCUT2D eigenvalue weighted by atomic mass is 19.2. The Labute approximate surface area is 159 Å².